The van der Waals surface area contributed by atoms with E-state index in [0.717, 1.165) is 48.3 Å². The number of aromatic nitrogens is 1. The van der Waals surface area contributed by atoms with Gasteiger partial charge in [-0.3, -0.25) is 19.3 Å². The summed E-state index contributed by atoms with van der Waals surface area (Å²) in [5.41, 5.74) is 1.02. The van der Waals surface area contributed by atoms with Crippen LogP contribution < -0.4 is 5.32 Å². The van der Waals surface area contributed by atoms with E-state index in [4.69, 9.17) is 0 Å². The fraction of sp³-hybridized carbons (Fsp3) is 0.421. The van der Waals surface area contributed by atoms with Crippen LogP contribution in [0.25, 0.3) is 10.9 Å². The van der Waals surface area contributed by atoms with Crippen LogP contribution in [0.15, 0.2) is 36.5 Å². The number of nitrogens with one attached hydrogen (secondary N) is 1. The first-order valence-electron chi connectivity index (χ1n) is 8.95. The van der Waals surface area contributed by atoms with Gasteiger partial charge in [-0.1, -0.05) is 42.8 Å². The molecule has 2 atom stereocenters. The lowest BCUT2D eigenvalue weighted by Gasteiger charge is -2.36. The zero-order valence-corrected chi connectivity index (χ0v) is 15.2. The van der Waals surface area contributed by atoms with Crippen molar-refractivity contribution in [2.75, 3.05) is 5.75 Å². The zero-order chi connectivity index (χ0) is 18.1. The lowest BCUT2D eigenvalue weighted by molar-refractivity contribution is -0.129. The normalized spacial score (nSPS) is 23.6. The van der Waals surface area contributed by atoms with Gasteiger partial charge in [0, 0.05) is 17.8 Å². The second-order valence-corrected chi connectivity index (χ2v) is 7.77. The van der Waals surface area contributed by atoms with Gasteiger partial charge in [0.15, 0.2) is 0 Å². The first-order valence-corrected chi connectivity index (χ1v) is 9.94. The Hall–Kier alpha value is -2.28. The number of carbonyl (C=O) groups excluding carboxylic acids is 3. The van der Waals surface area contributed by atoms with Gasteiger partial charge in [0.1, 0.15) is 6.54 Å². The van der Waals surface area contributed by atoms with Crippen molar-refractivity contribution >= 4 is 39.7 Å². The van der Waals surface area contributed by atoms with Crippen LogP contribution in [-0.4, -0.2) is 44.4 Å². The van der Waals surface area contributed by atoms with Crippen LogP contribution in [0.4, 0.5) is 4.79 Å². The Morgan fingerprint density at radius 3 is 2.77 bits per heavy atom. The monoisotopic (exact) mass is 371 g/mol. The second kappa shape index (κ2) is 7.15. The van der Waals surface area contributed by atoms with Crippen LogP contribution in [0.1, 0.15) is 25.7 Å². The molecule has 1 aromatic heterocycles. The van der Waals surface area contributed by atoms with Gasteiger partial charge in [0.25, 0.3) is 5.24 Å². The minimum Gasteiger partial charge on any atom is -0.350 e. The highest BCUT2D eigenvalue weighted by Crippen LogP contribution is 2.30. The van der Waals surface area contributed by atoms with Crippen molar-refractivity contribution in [3.63, 3.8) is 0 Å². The molecule has 0 bridgehead atoms. The van der Waals surface area contributed by atoms with Crippen LogP contribution in [0.5, 0.6) is 0 Å². The molecule has 6 nitrogen and oxygen atoms in total. The minimum atomic E-state index is -0.218. The van der Waals surface area contributed by atoms with E-state index in [0.29, 0.717) is 0 Å². The number of amides is 3. The summed E-state index contributed by atoms with van der Waals surface area (Å²) >= 11 is 1.05. The van der Waals surface area contributed by atoms with Crippen molar-refractivity contribution in [3.05, 3.63) is 36.5 Å². The predicted octanol–water partition coefficient (Wildman–Crippen LogP) is 2.76. The number of rotatable bonds is 4. The van der Waals surface area contributed by atoms with Gasteiger partial charge in [-0.05, 0) is 30.4 Å². The van der Waals surface area contributed by atoms with Gasteiger partial charge in [0.05, 0.1) is 11.8 Å². The highest BCUT2D eigenvalue weighted by molar-refractivity contribution is 8.14. The molecule has 2 fully saturated rings. The molecule has 2 heterocycles. The molecular formula is C19H21N3O3S. The van der Waals surface area contributed by atoms with Crippen molar-refractivity contribution in [1.82, 2.24) is 14.8 Å². The molecular weight excluding hydrogens is 350 g/mol. The van der Waals surface area contributed by atoms with Crippen LogP contribution in [0.3, 0.4) is 0 Å². The fourth-order valence-electron chi connectivity index (χ4n) is 3.96. The molecule has 3 amide bonds. The summed E-state index contributed by atoms with van der Waals surface area (Å²) in [6.07, 6.45) is 5.44. The second-order valence-electron chi connectivity index (χ2n) is 6.85. The van der Waals surface area contributed by atoms with Crippen molar-refractivity contribution < 1.29 is 14.4 Å². The van der Waals surface area contributed by atoms with E-state index in [1.54, 1.807) is 0 Å². The average molecular weight is 371 g/mol. The molecule has 2 aromatic rings. The standard InChI is InChI=1S/C19H21N3O3S/c23-17(11-21-10-9-13-5-1-3-7-15(13)21)20-14-6-2-4-8-16(14)22-18(24)12-26-19(22)25/h1,3,5,7,9-10,14,16H,2,4,6,8,11-12H2,(H,20,23). The Balaban J connectivity index is 1.47. The molecule has 1 N–H and O–H groups in total. The minimum absolute atomic E-state index is 0.0880. The Labute approximate surface area is 155 Å². The molecule has 1 aliphatic heterocycles. The number of hydrogen-bond acceptors (Lipinski definition) is 4. The van der Waals surface area contributed by atoms with E-state index in [2.05, 4.69) is 5.32 Å². The quantitative estimate of drug-likeness (QED) is 0.897. The fourth-order valence-corrected chi connectivity index (χ4v) is 4.72. The van der Waals surface area contributed by atoms with E-state index in [1.807, 2.05) is 41.1 Å². The lowest BCUT2D eigenvalue weighted by Crippen LogP contribution is -2.55. The SMILES string of the molecule is O=C(Cn1ccc2ccccc21)NC1CCCCC1N1C(=O)CSC1=O. The van der Waals surface area contributed by atoms with Gasteiger partial charge < -0.3 is 9.88 Å². The molecule has 7 heteroatoms. The van der Waals surface area contributed by atoms with Crippen LogP contribution >= 0.6 is 11.8 Å². The first kappa shape index (κ1) is 17.1. The lowest BCUT2D eigenvalue weighted by atomic mass is 9.89. The third-order valence-electron chi connectivity index (χ3n) is 5.19. The van der Waals surface area contributed by atoms with Gasteiger partial charge in [-0.15, -0.1) is 0 Å². The summed E-state index contributed by atoms with van der Waals surface area (Å²) < 4.78 is 1.92. The molecule has 0 radical (unpaired) electrons. The Morgan fingerprint density at radius 2 is 1.96 bits per heavy atom. The highest BCUT2D eigenvalue weighted by Gasteiger charge is 2.41. The maximum atomic E-state index is 12.6. The van der Waals surface area contributed by atoms with Crippen molar-refractivity contribution in [2.24, 2.45) is 0 Å². The third kappa shape index (κ3) is 3.23. The molecule has 2 aliphatic rings. The van der Waals surface area contributed by atoms with Crippen molar-refractivity contribution in [3.8, 4) is 0 Å². The number of imide groups is 1. The molecule has 4 rings (SSSR count). The maximum absolute atomic E-state index is 12.6. The first-order chi connectivity index (χ1) is 12.6. The average Bonchev–Trinajstić information content (AvgIpc) is 3.19. The summed E-state index contributed by atoms with van der Waals surface area (Å²) in [6, 6.07) is 9.55. The van der Waals surface area contributed by atoms with E-state index in [1.165, 1.54) is 4.90 Å². The van der Waals surface area contributed by atoms with Crippen LogP contribution in [-0.2, 0) is 16.1 Å². The predicted molar refractivity (Wildman–Crippen MR) is 101 cm³/mol. The van der Waals surface area contributed by atoms with E-state index in [9.17, 15) is 14.4 Å². The van der Waals surface area contributed by atoms with E-state index < -0.39 is 0 Å². The summed E-state index contributed by atoms with van der Waals surface area (Å²) in [4.78, 5) is 38.1. The Bertz CT molecular complexity index is 847. The molecule has 1 aromatic carbocycles. The molecule has 1 saturated heterocycles. The van der Waals surface area contributed by atoms with Gasteiger partial charge in [-0.2, -0.15) is 0 Å². The van der Waals surface area contributed by atoms with E-state index in [-0.39, 0.29) is 41.4 Å². The summed E-state index contributed by atoms with van der Waals surface area (Å²) in [5, 5.41) is 3.99. The zero-order valence-electron chi connectivity index (χ0n) is 14.4. The Morgan fingerprint density at radius 1 is 1.15 bits per heavy atom. The van der Waals surface area contributed by atoms with Gasteiger partial charge >= 0.3 is 0 Å². The van der Waals surface area contributed by atoms with Crippen LogP contribution in [0.2, 0.25) is 0 Å². The number of nitrogens with zero attached hydrogens (tertiary/aromatic N) is 2. The molecule has 1 saturated carbocycles. The molecule has 26 heavy (non-hydrogen) atoms. The van der Waals surface area contributed by atoms with E-state index >= 15 is 0 Å². The third-order valence-corrected chi connectivity index (χ3v) is 6.02. The molecule has 1 aliphatic carbocycles. The highest BCUT2D eigenvalue weighted by atomic mass is 32.2. The van der Waals surface area contributed by atoms with Gasteiger partial charge in [-0.25, -0.2) is 0 Å². The summed E-state index contributed by atoms with van der Waals surface area (Å²) in [7, 11) is 0. The number of fused-ring (bicyclic) bond motifs is 1. The maximum Gasteiger partial charge on any atom is 0.289 e. The molecule has 136 valence electrons. The topological polar surface area (TPSA) is 71.4 Å². The Kier molecular flexibility index (Phi) is 4.72. The number of hydrogen-bond donors (Lipinski definition) is 1. The number of thioether (sulfide) groups is 1. The van der Waals surface area contributed by atoms with Crippen LogP contribution in [0, 0.1) is 0 Å². The van der Waals surface area contributed by atoms with Crippen molar-refractivity contribution in [1.29, 1.82) is 0 Å². The smallest absolute Gasteiger partial charge is 0.289 e. The molecule has 0 spiro atoms. The largest absolute Gasteiger partial charge is 0.350 e. The summed E-state index contributed by atoms with van der Waals surface area (Å²) in [5.74, 6) is -0.0108. The molecule has 2 unspecified atom stereocenters. The van der Waals surface area contributed by atoms with Crippen molar-refractivity contribution in [2.45, 2.75) is 44.3 Å². The number of benzene rings is 1. The summed E-state index contributed by atoms with van der Waals surface area (Å²) in [6.45, 7) is 0.230. The number of carbonyl (C=O) groups is 3. The number of para-hydroxylation sites is 1. The van der Waals surface area contributed by atoms with Gasteiger partial charge in [0.2, 0.25) is 11.8 Å².